The summed E-state index contributed by atoms with van der Waals surface area (Å²) >= 11 is 0. The smallest absolute Gasteiger partial charge is 0.234 e. The standard InChI is InChI=1S/C10H18N2O2/c1-3-11-10(14)7-12(2)6-9(13)8-4-5-8/h8H,3-7H2,1-2H3,(H,11,14). The number of nitrogens with zero attached hydrogens (tertiary/aromatic N) is 1. The highest BCUT2D eigenvalue weighted by Gasteiger charge is 2.29. The second kappa shape index (κ2) is 5.10. The van der Waals surface area contributed by atoms with Crippen molar-refractivity contribution in [2.45, 2.75) is 19.8 Å². The Morgan fingerprint density at radius 2 is 2.00 bits per heavy atom. The Hall–Kier alpha value is -0.900. The van der Waals surface area contributed by atoms with E-state index in [0.717, 1.165) is 12.8 Å². The third-order valence-corrected chi connectivity index (χ3v) is 2.25. The maximum atomic E-state index is 11.4. The van der Waals surface area contributed by atoms with Crippen LogP contribution in [0.5, 0.6) is 0 Å². The van der Waals surface area contributed by atoms with E-state index in [2.05, 4.69) is 5.32 Å². The predicted molar refractivity (Wildman–Crippen MR) is 53.9 cm³/mol. The Kier molecular flexibility index (Phi) is 4.07. The largest absolute Gasteiger partial charge is 0.355 e. The van der Waals surface area contributed by atoms with Crippen LogP contribution in [0.2, 0.25) is 0 Å². The fourth-order valence-corrected chi connectivity index (χ4v) is 1.35. The van der Waals surface area contributed by atoms with Gasteiger partial charge in [0, 0.05) is 12.5 Å². The molecule has 0 bridgehead atoms. The van der Waals surface area contributed by atoms with Crippen molar-refractivity contribution in [3.05, 3.63) is 0 Å². The molecular weight excluding hydrogens is 180 g/mol. The number of carbonyl (C=O) groups excluding carboxylic acids is 2. The monoisotopic (exact) mass is 198 g/mol. The SMILES string of the molecule is CCNC(=O)CN(C)CC(=O)C1CC1. The lowest BCUT2D eigenvalue weighted by atomic mass is 10.2. The van der Waals surface area contributed by atoms with Gasteiger partial charge in [-0.05, 0) is 26.8 Å². The van der Waals surface area contributed by atoms with E-state index in [1.54, 1.807) is 11.9 Å². The van der Waals surface area contributed by atoms with Gasteiger partial charge in [0.2, 0.25) is 5.91 Å². The van der Waals surface area contributed by atoms with E-state index in [9.17, 15) is 9.59 Å². The molecule has 0 unspecified atom stereocenters. The summed E-state index contributed by atoms with van der Waals surface area (Å²) in [5.41, 5.74) is 0. The van der Waals surface area contributed by atoms with E-state index in [1.807, 2.05) is 6.92 Å². The summed E-state index contributed by atoms with van der Waals surface area (Å²) in [5.74, 6) is 0.544. The highest BCUT2D eigenvalue weighted by atomic mass is 16.2. The number of rotatable bonds is 6. The van der Waals surface area contributed by atoms with Crippen LogP contribution in [0.4, 0.5) is 0 Å². The number of hydrogen-bond donors (Lipinski definition) is 1. The minimum atomic E-state index is -0.0152. The number of nitrogens with one attached hydrogen (secondary N) is 1. The first kappa shape index (κ1) is 11.2. The summed E-state index contributed by atoms with van der Waals surface area (Å²) in [5, 5.41) is 2.70. The summed E-state index contributed by atoms with van der Waals surface area (Å²) in [6.45, 7) is 3.24. The van der Waals surface area contributed by atoms with Gasteiger partial charge in [-0.3, -0.25) is 14.5 Å². The Bertz CT molecular complexity index is 224. The molecule has 0 heterocycles. The number of hydrogen-bond acceptors (Lipinski definition) is 3. The molecule has 0 radical (unpaired) electrons. The first-order valence-electron chi connectivity index (χ1n) is 5.11. The van der Waals surface area contributed by atoms with Crippen molar-refractivity contribution in [3.63, 3.8) is 0 Å². The molecule has 4 nitrogen and oxygen atoms in total. The molecular formula is C10H18N2O2. The molecule has 0 atom stereocenters. The van der Waals surface area contributed by atoms with Crippen molar-refractivity contribution < 1.29 is 9.59 Å². The molecule has 1 aliphatic carbocycles. The Morgan fingerprint density at radius 1 is 1.36 bits per heavy atom. The van der Waals surface area contributed by atoms with Gasteiger partial charge in [0.25, 0.3) is 0 Å². The quantitative estimate of drug-likeness (QED) is 0.655. The number of Topliss-reactive ketones (excluding diaryl/α,β-unsaturated/α-hetero) is 1. The van der Waals surface area contributed by atoms with Gasteiger partial charge < -0.3 is 5.32 Å². The summed E-state index contributed by atoms with van der Waals surface area (Å²) in [7, 11) is 1.80. The van der Waals surface area contributed by atoms with Crippen molar-refractivity contribution in [2.24, 2.45) is 5.92 Å². The van der Waals surface area contributed by atoms with Crippen molar-refractivity contribution in [1.29, 1.82) is 0 Å². The highest BCUT2D eigenvalue weighted by molar-refractivity contribution is 5.85. The van der Waals surface area contributed by atoms with Gasteiger partial charge in [-0.25, -0.2) is 0 Å². The van der Waals surface area contributed by atoms with Gasteiger partial charge in [-0.15, -0.1) is 0 Å². The molecule has 0 aliphatic heterocycles. The third-order valence-electron chi connectivity index (χ3n) is 2.25. The van der Waals surface area contributed by atoms with Crippen LogP contribution in [-0.4, -0.2) is 43.3 Å². The average molecular weight is 198 g/mol. The molecule has 0 aromatic rings. The fourth-order valence-electron chi connectivity index (χ4n) is 1.35. The van der Waals surface area contributed by atoms with Crippen LogP contribution in [-0.2, 0) is 9.59 Å². The second-order valence-electron chi connectivity index (χ2n) is 3.87. The van der Waals surface area contributed by atoms with E-state index in [1.165, 1.54) is 0 Å². The van der Waals surface area contributed by atoms with E-state index >= 15 is 0 Å². The zero-order chi connectivity index (χ0) is 10.6. The van der Waals surface area contributed by atoms with Crippen LogP contribution in [0.25, 0.3) is 0 Å². The van der Waals surface area contributed by atoms with Crippen molar-refractivity contribution in [2.75, 3.05) is 26.7 Å². The summed E-state index contributed by atoms with van der Waals surface area (Å²) in [6, 6.07) is 0. The highest BCUT2D eigenvalue weighted by Crippen LogP contribution is 2.29. The zero-order valence-electron chi connectivity index (χ0n) is 8.88. The Morgan fingerprint density at radius 3 is 2.50 bits per heavy atom. The van der Waals surface area contributed by atoms with Gasteiger partial charge in [0.15, 0.2) is 0 Å². The topological polar surface area (TPSA) is 49.4 Å². The van der Waals surface area contributed by atoms with Crippen LogP contribution in [0.15, 0.2) is 0 Å². The van der Waals surface area contributed by atoms with E-state index in [-0.39, 0.29) is 17.6 Å². The molecule has 0 saturated heterocycles. The number of carbonyl (C=O) groups is 2. The maximum Gasteiger partial charge on any atom is 0.234 e. The first-order valence-corrected chi connectivity index (χ1v) is 5.11. The Labute approximate surface area is 84.7 Å². The molecule has 0 aromatic carbocycles. The molecule has 1 amide bonds. The minimum absolute atomic E-state index is 0.0152. The molecule has 1 rings (SSSR count). The Balaban J connectivity index is 2.17. The van der Waals surface area contributed by atoms with Gasteiger partial charge in [-0.1, -0.05) is 0 Å². The van der Waals surface area contributed by atoms with Gasteiger partial charge in [-0.2, -0.15) is 0 Å². The van der Waals surface area contributed by atoms with Crippen LogP contribution in [0, 0.1) is 5.92 Å². The van der Waals surface area contributed by atoms with Gasteiger partial charge in [0.1, 0.15) is 5.78 Å². The van der Waals surface area contributed by atoms with Crippen molar-refractivity contribution in [3.8, 4) is 0 Å². The lowest BCUT2D eigenvalue weighted by molar-refractivity contribution is -0.124. The van der Waals surface area contributed by atoms with Gasteiger partial charge in [0.05, 0.1) is 13.1 Å². The van der Waals surface area contributed by atoms with E-state index in [0.29, 0.717) is 19.6 Å². The lowest BCUT2D eigenvalue weighted by Gasteiger charge is -2.14. The van der Waals surface area contributed by atoms with E-state index < -0.39 is 0 Å². The molecule has 80 valence electrons. The summed E-state index contributed by atoms with van der Waals surface area (Å²) < 4.78 is 0. The molecule has 0 spiro atoms. The lowest BCUT2D eigenvalue weighted by Crippen LogP contribution is -2.37. The predicted octanol–water partition coefficient (Wildman–Crippen LogP) is 0.0334. The molecule has 1 saturated carbocycles. The van der Waals surface area contributed by atoms with Gasteiger partial charge >= 0.3 is 0 Å². The molecule has 1 N–H and O–H groups in total. The maximum absolute atomic E-state index is 11.4. The molecule has 4 heteroatoms. The molecule has 0 aromatic heterocycles. The zero-order valence-corrected chi connectivity index (χ0v) is 8.88. The fraction of sp³-hybridized carbons (Fsp3) is 0.800. The van der Waals surface area contributed by atoms with Crippen LogP contribution >= 0.6 is 0 Å². The molecule has 1 fully saturated rings. The number of amides is 1. The normalized spacial score (nSPS) is 15.6. The molecule has 14 heavy (non-hydrogen) atoms. The minimum Gasteiger partial charge on any atom is -0.355 e. The number of ketones is 1. The first-order chi connectivity index (χ1) is 6.63. The second-order valence-corrected chi connectivity index (χ2v) is 3.87. The average Bonchev–Trinajstić information content (AvgIpc) is 2.85. The third kappa shape index (κ3) is 3.87. The van der Waals surface area contributed by atoms with Crippen LogP contribution in [0.3, 0.4) is 0 Å². The summed E-state index contributed by atoms with van der Waals surface area (Å²) in [6.07, 6.45) is 2.07. The van der Waals surface area contributed by atoms with E-state index in [4.69, 9.17) is 0 Å². The van der Waals surface area contributed by atoms with Crippen molar-refractivity contribution in [1.82, 2.24) is 10.2 Å². The van der Waals surface area contributed by atoms with Crippen LogP contribution < -0.4 is 5.32 Å². The summed E-state index contributed by atoms with van der Waals surface area (Å²) in [4.78, 5) is 24.3. The molecule has 1 aliphatic rings. The number of likely N-dealkylation sites (N-methyl/N-ethyl adjacent to an activating group) is 2. The van der Waals surface area contributed by atoms with Crippen LogP contribution in [0.1, 0.15) is 19.8 Å². The van der Waals surface area contributed by atoms with Crippen molar-refractivity contribution >= 4 is 11.7 Å².